The molecule has 0 saturated carbocycles. The minimum absolute atomic E-state index is 1.01. The molecule has 0 aliphatic rings. The van der Waals surface area contributed by atoms with Crippen molar-refractivity contribution in [2.24, 2.45) is 0 Å². The summed E-state index contributed by atoms with van der Waals surface area (Å²) in [6.45, 7) is 9.02. The molecule has 0 unspecified atom stereocenters. The number of nitrogens with zero attached hydrogens (tertiary/aromatic N) is 1. The first-order valence-electron chi connectivity index (χ1n) is 6.48. The van der Waals surface area contributed by atoms with E-state index in [9.17, 15) is 0 Å². The number of halogens is 1. The van der Waals surface area contributed by atoms with E-state index in [1.807, 2.05) is 6.07 Å². The number of rotatable bonds is 8. The molecular weight excluding hydrogens is 276 g/mol. The van der Waals surface area contributed by atoms with Crippen LogP contribution in [0.2, 0.25) is 0 Å². The van der Waals surface area contributed by atoms with E-state index in [0.717, 1.165) is 17.6 Å². The van der Waals surface area contributed by atoms with Gasteiger partial charge in [-0.05, 0) is 44.1 Å². The number of nitrogens with one attached hydrogen (secondary N) is 1. The molecule has 0 bridgehead atoms. The minimum atomic E-state index is 1.01. The van der Waals surface area contributed by atoms with E-state index in [1.54, 1.807) is 0 Å². The molecule has 1 N–H and O–H groups in total. The van der Waals surface area contributed by atoms with Gasteiger partial charge < -0.3 is 10.2 Å². The summed E-state index contributed by atoms with van der Waals surface area (Å²) in [7, 11) is 0. The van der Waals surface area contributed by atoms with Gasteiger partial charge in [0.15, 0.2) is 0 Å². The van der Waals surface area contributed by atoms with Crippen molar-refractivity contribution in [3.8, 4) is 0 Å². The van der Waals surface area contributed by atoms with E-state index in [4.69, 9.17) is 0 Å². The molecule has 1 aromatic carbocycles. The summed E-state index contributed by atoms with van der Waals surface area (Å²) in [4.78, 5) is 2.52. The highest BCUT2D eigenvalue weighted by molar-refractivity contribution is 9.10. The van der Waals surface area contributed by atoms with Gasteiger partial charge in [0.05, 0.1) is 0 Å². The SMILES string of the molecule is CCCN(CCC)CCNc1cccc(Br)c1. The average molecular weight is 299 g/mol. The molecule has 0 radical (unpaired) electrons. The quantitative estimate of drug-likeness (QED) is 0.781. The fourth-order valence-electron chi connectivity index (χ4n) is 1.92. The highest BCUT2D eigenvalue weighted by atomic mass is 79.9. The molecule has 0 aliphatic heterocycles. The summed E-state index contributed by atoms with van der Waals surface area (Å²) >= 11 is 3.48. The lowest BCUT2D eigenvalue weighted by Crippen LogP contribution is -2.30. The van der Waals surface area contributed by atoms with Crippen LogP contribution >= 0.6 is 15.9 Å². The van der Waals surface area contributed by atoms with E-state index in [0.29, 0.717) is 0 Å². The van der Waals surface area contributed by atoms with Crippen LogP contribution < -0.4 is 5.32 Å². The molecule has 1 aromatic rings. The molecular formula is C14H23BrN2. The largest absolute Gasteiger partial charge is 0.384 e. The van der Waals surface area contributed by atoms with E-state index in [2.05, 4.69) is 58.2 Å². The summed E-state index contributed by atoms with van der Waals surface area (Å²) < 4.78 is 1.13. The Kier molecular flexibility index (Phi) is 7.29. The van der Waals surface area contributed by atoms with Crippen LogP contribution in [-0.4, -0.2) is 31.1 Å². The maximum absolute atomic E-state index is 3.48. The van der Waals surface area contributed by atoms with Crippen molar-refractivity contribution in [3.05, 3.63) is 28.7 Å². The predicted octanol–water partition coefficient (Wildman–Crippen LogP) is 3.98. The van der Waals surface area contributed by atoms with Gasteiger partial charge in [-0.2, -0.15) is 0 Å². The number of benzene rings is 1. The zero-order chi connectivity index (χ0) is 12.5. The molecule has 0 amide bonds. The second-order valence-corrected chi connectivity index (χ2v) is 5.19. The van der Waals surface area contributed by atoms with Crippen LogP contribution in [0.4, 0.5) is 5.69 Å². The van der Waals surface area contributed by atoms with E-state index >= 15 is 0 Å². The molecule has 0 aromatic heterocycles. The summed E-state index contributed by atoms with van der Waals surface area (Å²) in [5.41, 5.74) is 1.19. The number of hydrogen-bond donors (Lipinski definition) is 1. The topological polar surface area (TPSA) is 15.3 Å². The zero-order valence-electron chi connectivity index (χ0n) is 10.9. The van der Waals surface area contributed by atoms with Crippen LogP contribution in [0.25, 0.3) is 0 Å². The Morgan fingerprint density at radius 1 is 1.12 bits per heavy atom. The normalized spacial score (nSPS) is 10.8. The zero-order valence-corrected chi connectivity index (χ0v) is 12.5. The molecule has 0 heterocycles. The van der Waals surface area contributed by atoms with Gasteiger partial charge >= 0.3 is 0 Å². The Morgan fingerprint density at radius 3 is 2.41 bits per heavy atom. The predicted molar refractivity (Wildman–Crippen MR) is 79.7 cm³/mol. The molecule has 96 valence electrons. The first-order valence-corrected chi connectivity index (χ1v) is 7.27. The molecule has 0 aliphatic carbocycles. The Balaban J connectivity index is 2.30. The van der Waals surface area contributed by atoms with Crippen molar-refractivity contribution < 1.29 is 0 Å². The van der Waals surface area contributed by atoms with Gasteiger partial charge in [-0.1, -0.05) is 35.8 Å². The Hall–Kier alpha value is -0.540. The lowest BCUT2D eigenvalue weighted by Gasteiger charge is -2.21. The van der Waals surface area contributed by atoms with Gasteiger partial charge in [0.25, 0.3) is 0 Å². The fourth-order valence-corrected chi connectivity index (χ4v) is 2.32. The molecule has 2 nitrogen and oxygen atoms in total. The van der Waals surface area contributed by atoms with Gasteiger partial charge in [-0.15, -0.1) is 0 Å². The third-order valence-corrected chi connectivity index (χ3v) is 3.15. The molecule has 0 saturated heterocycles. The standard InChI is InChI=1S/C14H23BrN2/c1-3-9-17(10-4-2)11-8-16-14-7-5-6-13(15)12-14/h5-7,12,16H,3-4,8-11H2,1-2H3. The van der Waals surface area contributed by atoms with Crippen LogP contribution in [0.5, 0.6) is 0 Å². The molecule has 1 rings (SSSR count). The van der Waals surface area contributed by atoms with Crippen molar-refractivity contribution >= 4 is 21.6 Å². The second kappa shape index (κ2) is 8.54. The van der Waals surface area contributed by atoms with Crippen LogP contribution in [0.15, 0.2) is 28.7 Å². The van der Waals surface area contributed by atoms with Crippen molar-refractivity contribution in [2.45, 2.75) is 26.7 Å². The average Bonchev–Trinajstić information content (AvgIpc) is 2.30. The second-order valence-electron chi connectivity index (χ2n) is 4.28. The molecule has 17 heavy (non-hydrogen) atoms. The first kappa shape index (κ1) is 14.5. The smallest absolute Gasteiger partial charge is 0.0351 e. The van der Waals surface area contributed by atoms with Gasteiger partial charge in [0.2, 0.25) is 0 Å². The Labute approximate surface area is 114 Å². The maximum Gasteiger partial charge on any atom is 0.0351 e. The summed E-state index contributed by atoms with van der Waals surface area (Å²) in [6.07, 6.45) is 2.47. The van der Waals surface area contributed by atoms with E-state index < -0.39 is 0 Å². The van der Waals surface area contributed by atoms with Crippen molar-refractivity contribution in [1.82, 2.24) is 4.90 Å². The van der Waals surface area contributed by atoms with Gasteiger partial charge in [0, 0.05) is 23.2 Å². The Morgan fingerprint density at radius 2 is 1.82 bits per heavy atom. The third-order valence-electron chi connectivity index (χ3n) is 2.66. The number of hydrogen-bond acceptors (Lipinski definition) is 2. The minimum Gasteiger partial charge on any atom is -0.384 e. The van der Waals surface area contributed by atoms with Crippen LogP contribution in [0, 0.1) is 0 Å². The first-order chi connectivity index (χ1) is 8.26. The van der Waals surface area contributed by atoms with Crippen LogP contribution in [0.3, 0.4) is 0 Å². The summed E-state index contributed by atoms with van der Waals surface area (Å²) in [5, 5.41) is 3.46. The van der Waals surface area contributed by atoms with Crippen molar-refractivity contribution in [2.75, 3.05) is 31.5 Å². The van der Waals surface area contributed by atoms with E-state index in [1.165, 1.54) is 31.6 Å². The van der Waals surface area contributed by atoms with Gasteiger partial charge in [-0.25, -0.2) is 0 Å². The van der Waals surface area contributed by atoms with Gasteiger partial charge in [0.1, 0.15) is 0 Å². The summed E-state index contributed by atoms with van der Waals surface area (Å²) in [5.74, 6) is 0. The Bertz CT molecular complexity index is 309. The van der Waals surface area contributed by atoms with Gasteiger partial charge in [-0.3, -0.25) is 0 Å². The highest BCUT2D eigenvalue weighted by Crippen LogP contribution is 2.15. The molecule has 0 atom stereocenters. The van der Waals surface area contributed by atoms with E-state index in [-0.39, 0.29) is 0 Å². The van der Waals surface area contributed by atoms with Crippen LogP contribution in [-0.2, 0) is 0 Å². The lowest BCUT2D eigenvalue weighted by molar-refractivity contribution is 0.285. The molecule has 0 spiro atoms. The maximum atomic E-state index is 3.48. The molecule has 0 fully saturated rings. The van der Waals surface area contributed by atoms with Crippen molar-refractivity contribution in [1.29, 1.82) is 0 Å². The highest BCUT2D eigenvalue weighted by Gasteiger charge is 2.01. The molecule has 3 heteroatoms. The van der Waals surface area contributed by atoms with Crippen LogP contribution in [0.1, 0.15) is 26.7 Å². The fraction of sp³-hybridized carbons (Fsp3) is 0.571. The summed E-state index contributed by atoms with van der Waals surface area (Å²) in [6, 6.07) is 8.33. The lowest BCUT2D eigenvalue weighted by atomic mass is 10.3. The third kappa shape index (κ3) is 6.08. The van der Waals surface area contributed by atoms with Crippen molar-refractivity contribution in [3.63, 3.8) is 0 Å². The number of anilines is 1. The monoisotopic (exact) mass is 298 g/mol.